The lowest BCUT2D eigenvalue weighted by Crippen LogP contribution is -2.48. The van der Waals surface area contributed by atoms with Crippen LogP contribution in [0.1, 0.15) is 4.88 Å². The highest BCUT2D eigenvalue weighted by atomic mass is 32.1. The Balaban J connectivity index is 1.34. The summed E-state index contributed by atoms with van der Waals surface area (Å²) in [7, 11) is 0. The fourth-order valence-corrected chi connectivity index (χ4v) is 4.87. The number of carbonyl (C=O) groups excluding carboxylic acids is 1. The van der Waals surface area contributed by atoms with E-state index in [4.69, 9.17) is 4.98 Å². The molecule has 1 amide bonds. The van der Waals surface area contributed by atoms with Crippen LogP contribution in [0.15, 0.2) is 45.8 Å². The summed E-state index contributed by atoms with van der Waals surface area (Å²) >= 11 is 5.00. The Bertz CT molecular complexity index is 844. The molecular formula is C18H17N3OS3. The number of thiophene rings is 2. The summed E-state index contributed by atoms with van der Waals surface area (Å²) in [5.74, 6) is 0.0890. The van der Waals surface area contributed by atoms with Gasteiger partial charge in [0.05, 0.1) is 5.69 Å². The minimum Gasteiger partial charge on any atom is -0.345 e. The van der Waals surface area contributed by atoms with E-state index in [0.29, 0.717) is 0 Å². The van der Waals surface area contributed by atoms with Crippen LogP contribution in [0.3, 0.4) is 0 Å². The second-order valence-corrected chi connectivity index (χ2v) is 8.28. The molecule has 0 aromatic carbocycles. The van der Waals surface area contributed by atoms with E-state index in [-0.39, 0.29) is 5.91 Å². The van der Waals surface area contributed by atoms with Crippen molar-refractivity contribution in [2.24, 2.45) is 0 Å². The number of rotatable bonds is 4. The topological polar surface area (TPSA) is 36.4 Å². The van der Waals surface area contributed by atoms with Crippen LogP contribution in [0.2, 0.25) is 0 Å². The van der Waals surface area contributed by atoms with Gasteiger partial charge in [0.25, 0.3) is 0 Å². The van der Waals surface area contributed by atoms with Crippen molar-refractivity contribution < 1.29 is 4.79 Å². The van der Waals surface area contributed by atoms with Gasteiger partial charge in [-0.15, -0.1) is 22.7 Å². The largest absolute Gasteiger partial charge is 0.345 e. The maximum absolute atomic E-state index is 12.3. The maximum atomic E-state index is 12.3. The van der Waals surface area contributed by atoms with Gasteiger partial charge in [0.2, 0.25) is 5.91 Å². The van der Waals surface area contributed by atoms with E-state index in [0.717, 1.165) is 41.9 Å². The van der Waals surface area contributed by atoms with Crippen molar-refractivity contribution in [1.29, 1.82) is 0 Å². The van der Waals surface area contributed by atoms with Gasteiger partial charge in [-0.3, -0.25) is 4.79 Å². The SMILES string of the molecule is O=C(C=Cc1cccs1)N1CCN(c2nc(-c3ccsc3)cs2)CC1. The molecule has 0 unspecified atom stereocenters. The first-order chi connectivity index (χ1) is 12.3. The Kier molecular flexibility index (Phi) is 4.96. The molecule has 1 aliphatic heterocycles. The first kappa shape index (κ1) is 16.5. The first-order valence-corrected chi connectivity index (χ1v) is 10.7. The molecule has 128 valence electrons. The molecular weight excluding hydrogens is 370 g/mol. The number of hydrogen-bond acceptors (Lipinski definition) is 6. The third-order valence-corrected chi connectivity index (χ3v) is 6.53. The molecule has 3 aromatic heterocycles. The van der Waals surface area contributed by atoms with Crippen molar-refractivity contribution in [1.82, 2.24) is 9.88 Å². The molecule has 7 heteroatoms. The van der Waals surface area contributed by atoms with Gasteiger partial charge in [0.15, 0.2) is 5.13 Å². The summed E-state index contributed by atoms with van der Waals surface area (Å²) in [5.41, 5.74) is 2.22. The number of aromatic nitrogens is 1. The fourth-order valence-electron chi connectivity index (χ4n) is 2.72. The summed E-state index contributed by atoms with van der Waals surface area (Å²) in [4.78, 5) is 22.3. The highest BCUT2D eigenvalue weighted by molar-refractivity contribution is 7.14. The average molecular weight is 388 g/mol. The molecule has 1 fully saturated rings. The van der Waals surface area contributed by atoms with E-state index in [1.165, 1.54) is 5.56 Å². The normalized spacial score (nSPS) is 15.2. The minimum absolute atomic E-state index is 0.0890. The molecule has 0 N–H and O–H groups in total. The highest BCUT2D eigenvalue weighted by Crippen LogP contribution is 2.29. The average Bonchev–Trinajstić information content (AvgIpc) is 3.42. The van der Waals surface area contributed by atoms with Crippen molar-refractivity contribution in [2.75, 3.05) is 31.1 Å². The predicted molar refractivity (Wildman–Crippen MR) is 108 cm³/mol. The van der Waals surface area contributed by atoms with E-state index in [1.807, 2.05) is 28.5 Å². The van der Waals surface area contributed by atoms with Crippen LogP contribution >= 0.6 is 34.0 Å². The van der Waals surface area contributed by atoms with Crippen molar-refractivity contribution >= 4 is 51.1 Å². The van der Waals surface area contributed by atoms with E-state index < -0.39 is 0 Å². The van der Waals surface area contributed by atoms with E-state index in [9.17, 15) is 4.79 Å². The number of hydrogen-bond donors (Lipinski definition) is 0. The van der Waals surface area contributed by atoms with Crippen LogP contribution in [0.25, 0.3) is 17.3 Å². The van der Waals surface area contributed by atoms with Gasteiger partial charge in [-0.2, -0.15) is 11.3 Å². The summed E-state index contributed by atoms with van der Waals surface area (Å²) in [6.07, 6.45) is 3.58. The van der Waals surface area contributed by atoms with Crippen LogP contribution in [0, 0.1) is 0 Å². The second-order valence-electron chi connectivity index (χ2n) is 5.69. The van der Waals surface area contributed by atoms with Gasteiger partial charge in [-0.1, -0.05) is 6.07 Å². The van der Waals surface area contributed by atoms with Gasteiger partial charge in [-0.05, 0) is 29.0 Å². The molecule has 0 bridgehead atoms. The third-order valence-electron chi connectivity index (χ3n) is 4.10. The number of carbonyl (C=O) groups is 1. The van der Waals surface area contributed by atoms with Crippen LogP contribution in [-0.2, 0) is 4.79 Å². The van der Waals surface area contributed by atoms with Gasteiger partial charge >= 0.3 is 0 Å². The molecule has 0 radical (unpaired) electrons. The van der Waals surface area contributed by atoms with Crippen molar-refractivity contribution in [3.63, 3.8) is 0 Å². The Hall–Kier alpha value is -1.96. The Morgan fingerprint density at radius 3 is 2.68 bits per heavy atom. The van der Waals surface area contributed by atoms with Gasteiger partial charge in [-0.25, -0.2) is 4.98 Å². The molecule has 0 spiro atoms. The smallest absolute Gasteiger partial charge is 0.246 e. The lowest BCUT2D eigenvalue weighted by molar-refractivity contribution is -0.126. The fraction of sp³-hybridized carbons (Fsp3) is 0.222. The lowest BCUT2D eigenvalue weighted by Gasteiger charge is -2.34. The van der Waals surface area contributed by atoms with Gasteiger partial charge in [0.1, 0.15) is 0 Å². The number of amides is 1. The maximum Gasteiger partial charge on any atom is 0.246 e. The van der Waals surface area contributed by atoms with Crippen LogP contribution < -0.4 is 4.90 Å². The molecule has 0 saturated carbocycles. The van der Waals surface area contributed by atoms with Crippen molar-refractivity contribution in [2.45, 2.75) is 0 Å². The van der Waals surface area contributed by atoms with Crippen LogP contribution in [0.4, 0.5) is 5.13 Å². The quantitative estimate of drug-likeness (QED) is 0.627. The molecule has 25 heavy (non-hydrogen) atoms. The lowest BCUT2D eigenvalue weighted by atomic mass is 10.3. The van der Waals surface area contributed by atoms with E-state index in [1.54, 1.807) is 40.1 Å². The summed E-state index contributed by atoms with van der Waals surface area (Å²) in [5, 5.41) is 9.36. The van der Waals surface area contributed by atoms with E-state index in [2.05, 4.69) is 27.1 Å². The molecule has 0 aliphatic carbocycles. The number of anilines is 1. The van der Waals surface area contributed by atoms with Gasteiger partial charge in [0, 0.05) is 53.5 Å². The molecule has 4 heterocycles. The summed E-state index contributed by atoms with van der Waals surface area (Å²) < 4.78 is 0. The molecule has 0 atom stereocenters. The third kappa shape index (κ3) is 3.84. The number of thiazole rings is 1. The molecule has 1 aliphatic rings. The van der Waals surface area contributed by atoms with Crippen LogP contribution in [0.5, 0.6) is 0 Å². The van der Waals surface area contributed by atoms with Crippen molar-refractivity contribution in [3.8, 4) is 11.3 Å². The molecule has 4 nitrogen and oxygen atoms in total. The zero-order valence-electron chi connectivity index (χ0n) is 13.5. The van der Waals surface area contributed by atoms with Gasteiger partial charge < -0.3 is 9.80 Å². The summed E-state index contributed by atoms with van der Waals surface area (Å²) in [6, 6.07) is 6.10. The minimum atomic E-state index is 0.0890. The Morgan fingerprint density at radius 1 is 1.08 bits per heavy atom. The predicted octanol–water partition coefficient (Wildman–Crippen LogP) is 4.30. The molecule has 3 aromatic rings. The highest BCUT2D eigenvalue weighted by Gasteiger charge is 2.21. The number of nitrogens with zero attached hydrogens (tertiary/aromatic N) is 3. The summed E-state index contributed by atoms with van der Waals surface area (Å²) in [6.45, 7) is 3.13. The first-order valence-electron chi connectivity index (χ1n) is 8.03. The monoisotopic (exact) mass is 387 g/mol. The molecule has 4 rings (SSSR count). The van der Waals surface area contributed by atoms with Crippen LogP contribution in [-0.4, -0.2) is 42.0 Å². The molecule has 1 saturated heterocycles. The second kappa shape index (κ2) is 7.51. The zero-order valence-corrected chi connectivity index (χ0v) is 15.9. The standard InChI is InChI=1S/C18H17N3OS3/c22-17(4-3-15-2-1-10-24-15)20-6-8-21(9-7-20)18-19-16(13-25-18)14-5-11-23-12-14/h1-5,10-13H,6-9H2. The zero-order chi connectivity index (χ0) is 17.1. The Labute approximate surface area is 158 Å². The van der Waals surface area contributed by atoms with E-state index >= 15 is 0 Å². The number of piperazine rings is 1. The Morgan fingerprint density at radius 2 is 1.96 bits per heavy atom. The van der Waals surface area contributed by atoms with Crippen molar-refractivity contribution in [3.05, 3.63) is 50.7 Å².